The number of aromatic nitrogens is 1. The summed E-state index contributed by atoms with van der Waals surface area (Å²) in [4.78, 5) is 0. The van der Waals surface area contributed by atoms with Gasteiger partial charge < -0.3 is 23.9 Å². The van der Waals surface area contributed by atoms with Crippen LogP contribution in [0, 0.1) is 6.92 Å². The molecule has 2 rings (SSSR count). The van der Waals surface area contributed by atoms with Crippen LogP contribution in [0.3, 0.4) is 0 Å². The zero-order chi connectivity index (χ0) is 10.3. The smallest absolute Gasteiger partial charge is 0.214 e. The van der Waals surface area contributed by atoms with Gasteiger partial charge in [-0.3, -0.25) is 0 Å². The molecule has 4 N–H and O–H groups in total. The van der Waals surface area contributed by atoms with Gasteiger partial charge in [-0.25, -0.2) is 0 Å². The molecule has 0 amide bonds. The standard InChI is InChI=1S/C11H13N3.ClH/c1-7-5-10(13)9-6-8(12)3-4-11(9)14(7)2;/h3-6,13H,12H2,1-2H3;1H. The van der Waals surface area contributed by atoms with Crippen molar-refractivity contribution in [3.63, 3.8) is 0 Å². The second-order valence-corrected chi connectivity index (χ2v) is 3.58. The molecule has 0 saturated carbocycles. The molecule has 1 aromatic heterocycles. The molecule has 3 nitrogen and oxygen atoms in total. The number of rotatable bonds is 0. The van der Waals surface area contributed by atoms with E-state index in [0.717, 1.165) is 28.0 Å². The largest absolute Gasteiger partial charge is 1.00 e. The van der Waals surface area contributed by atoms with Crippen LogP contribution in [0.15, 0.2) is 24.3 Å². The minimum absolute atomic E-state index is 0. The lowest BCUT2D eigenvalue weighted by molar-refractivity contribution is -0.651. The summed E-state index contributed by atoms with van der Waals surface area (Å²) >= 11 is 0. The molecule has 80 valence electrons. The number of nitrogens with zero attached hydrogens (tertiary/aromatic N) is 1. The zero-order valence-corrected chi connectivity index (χ0v) is 9.55. The highest BCUT2D eigenvalue weighted by molar-refractivity contribution is 5.90. The van der Waals surface area contributed by atoms with E-state index in [9.17, 15) is 0 Å². The van der Waals surface area contributed by atoms with Gasteiger partial charge in [0.1, 0.15) is 7.05 Å². The van der Waals surface area contributed by atoms with E-state index >= 15 is 0 Å². The van der Waals surface area contributed by atoms with Crippen LogP contribution in [0.5, 0.6) is 0 Å². The van der Waals surface area contributed by atoms with Gasteiger partial charge >= 0.3 is 0 Å². The molecule has 0 saturated heterocycles. The fourth-order valence-electron chi connectivity index (χ4n) is 1.67. The lowest BCUT2D eigenvalue weighted by atomic mass is 10.1. The maximum absolute atomic E-state index is 5.93. The maximum atomic E-state index is 5.93. The molecule has 15 heavy (non-hydrogen) atoms. The van der Waals surface area contributed by atoms with Crippen molar-refractivity contribution in [1.29, 1.82) is 0 Å². The number of nitrogens with two attached hydrogens (primary N) is 2. The van der Waals surface area contributed by atoms with Crippen LogP contribution >= 0.6 is 0 Å². The Labute approximate surface area is 95.1 Å². The highest BCUT2D eigenvalue weighted by Gasteiger charge is 2.11. The van der Waals surface area contributed by atoms with Crippen LogP contribution in [-0.2, 0) is 7.05 Å². The predicted molar refractivity (Wildman–Crippen MR) is 58.7 cm³/mol. The number of nitrogen functional groups attached to an aromatic ring is 2. The first-order valence-electron chi connectivity index (χ1n) is 4.54. The first-order valence-corrected chi connectivity index (χ1v) is 4.54. The Bertz CT molecular complexity index is 509. The molecular formula is C11H14ClN3. The molecule has 0 radical (unpaired) electrons. The summed E-state index contributed by atoms with van der Waals surface area (Å²) in [6.07, 6.45) is 0. The van der Waals surface area contributed by atoms with Gasteiger partial charge in [0.15, 0.2) is 5.69 Å². The molecule has 0 unspecified atom stereocenters. The molecule has 0 aliphatic carbocycles. The molecular weight excluding hydrogens is 210 g/mol. The van der Waals surface area contributed by atoms with Gasteiger partial charge in [-0.2, -0.15) is 4.57 Å². The summed E-state index contributed by atoms with van der Waals surface area (Å²) in [6.45, 7) is 2.03. The quantitative estimate of drug-likeness (QED) is 0.407. The number of aryl methyl sites for hydroxylation is 2. The summed E-state index contributed by atoms with van der Waals surface area (Å²) in [5.41, 5.74) is 15.4. The number of pyridine rings is 1. The Morgan fingerprint density at radius 3 is 2.47 bits per heavy atom. The highest BCUT2D eigenvalue weighted by Crippen LogP contribution is 2.21. The number of hydrogen-bond acceptors (Lipinski definition) is 2. The second kappa shape index (κ2) is 3.95. The van der Waals surface area contributed by atoms with Crippen LogP contribution in [0.2, 0.25) is 0 Å². The number of hydrogen-bond donors (Lipinski definition) is 2. The Morgan fingerprint density at radius 2 is 1.80 bits per heavy atom. The number of fused-ring (bicyclic) bond motifs is 1. The van der Waals surface area contributed by atoms with Gasteiger partial charge in [-0.05, 0) is 12.1 Å². The molecule has 0 bridgehead atoms. The van der Waals surface area contributed by atoms with Crippen molar-refractivity contribution < 1.29 is 17.0 Å². The Morgan fingerprint density at radius 1 is 1.13 bits per heavy atom. The van der Waals surface area contributed by atoms with Crippen molar-refractivity contribution in [2.45, 2.75) is 6.92 Å². The van der Waals surface area contributed by atoms with Gasteiger partial charge in [0.25, 0.3) is 0 Å². The molecule has 0 aliphatic rings. The van der Waals surface area contributed by atoms with Crippen molar-refractivity contribution in [1.82, 2.24) is 0 Å². The normalized spacial score (nSPS) is 10.0. The van der Waals surface area contributed by atoms with Gasteiger partial charge in [0, 0.05) is 24.7 Å². The summed E-state index contributed by atoms with van der Waals surface area (Å²) in [6, 6.07) is 7.75. The fraction of sp³-hybridized carbons (Fsp3) is 0.182. The van der Waals surface area contributed by atoms with Gasteiger partial charge in [0.05, 0.1) is 11.1 Å². The summed E-state index contributed by atoms with van der Waals surface area (Å²) in [7, 11) is 2.02. The second-order valence-electron chi connectivity index (χ2n) is 3.58. The summed E-state index contributed by atoms with van der Waals surface area (Å²) in [5.74, 6) is 0. The van der Waals surface area contributed by atoms with Gasteiger partial charge in [-0.1, -0.05) is 0 Å². The maximum Gasteiger partial charge on any atom is 0.214 e. The first-order chi connectivity index (χ1) is 6.59. The molecule has 4 heteroatoms. The van der Waals surface area contributed by atoms with Crippen LogP contribution in [0.4, 0.5) is 11.4 Å². The average Bonchev–Trinajstić information content (AvgIpc) is 2.14. The summed E-state index contributed by atoms with van der Waals surface area (Å²) in [5, 5.41) is 1.01. The average molecular weight is 224 g/mol. The van der Waals surface area contributed by atoms with Crippen molar-refractivity contribution in [3.05, 3.63) is 30.0 Å². The lowest BCUT2D eigenvalue weighted by Gasteiger charge is -2.03. The first kappa shape index (κ1) is 11.6. The summed E-state index contributed by atoms with van der Waals surface area (Å²) < 4.78 is 2.10. The molecule has 0 atom stereocenters. The Balaban J connectivity index is 0.00000112. The minimum atomic E-state index is 0. The molecule has 1 heterocycles. The number of halogens is 1. The van der Waals surface area contributed by atoms with E-state index in [4.69, 9.17) is 11.5 Å². The third-order valence-electron chi connectivity index (χ3n) is 2.59. The van der Waals surface area contributed by atoms with Gasteiger partial charge in [-0.15, -0.1) is 0 Å². The van der Waals surface area contributed by atoms with E-state index in [1.807, 2.05) is 38.2 Å². The van der Waals surface area contributed by atoms with E-state index in [1.54, 1.807) is 0 Å². The zero-order valence-electron chi connectivity index (χ0n) is 8.79. The van der Waals surface area contributed by atoms with Crippen molar-refractivity contribution in [2.75, 3.05) is 11.5 Å². The van der Waals surface area contributed by atoms with E-state index in [2.05, 4.69) is 4.57 Å². The van der Waals surface area contributed by atoms with Crippen molar-refractivity contribution in [3.8, 4) is 0 Å². The van der Waals surface area contributed by atoms with Crippen LogP contribution in [0.25, 0.3) is 10.9 Å². The Hall–Kier alpha value is -1.48. The molecule has 0 spiro atoms. The monoisotopic (exact) mass is 223 g/mol. The minimum Gasteiger partial charge on any atom is -1.00 e. The van der Waals surface area contributed by atoms with Gasteiger partial charge in [0.2, 0.25) is 5.52 Å². The lowest BCUT2D eigenvalue weighted by Crippen LogP contribution is -3.00. The molecule has 0 aliphatic heterocycles. The SMILES string of the molecule is Cc1cc(N)c2cc(N)ccc2[n+]1C.[Cl-]. The third-order valence-corrected chi connectivity index (χ3v) is 2.59. The third kappa shape index (κ3) is 1.83. The predicted octanol–water partition coefficient (Wildman–Crippen LogP) is -1.86. The molecule has 2 aromatic rings. The van der Waals surface area contributed by atoms with E-state index in [1.165, 1.54) is 0 Å². The molecule has 0 fully saturated rings. The topological polar surface area (TPSA) is 55.9 Å². The van der Waals surface area contributed by atoms with Crippen molar-refractivity contribution >= 4 is 22.3 Å². The van der Waals surface area contributed by atoms with E-state index < -0.39 is 0 Å². The van der Waals surface area contributed by atoms with E-state index in [0.29, 0.717) is 0 Å². The Kier molecular flexibility index (Phi) is 3.05. The number of benzene rings is 1. The van der Waals surface area contributed by atoms with E-state index in [-0.39, 0.29) is 12.4 Å². The van der Waals surface area contributed by atoms with Crippen molar-refractivity contribution in [2.24, 2.45) is 7.05 Å². The number of anilines is 2. The fourth-order valence-corrected chi connectivity index (χ4v) is 1.67. The van der Waals surface area contributed by atoms with Crippen LogP contribution in [0.1, 0.15) is 5.69 Å². The highest BCUT2D eigenvalue weighted by atomic mass is 35.5. The molecule has 1 aromatic carbocycles. The van der Waals surface area contributed by atoms with Crippen LogP contribution < -0.4 is 28.4 Å². The van der Waals surface area contributed by atoms with Crippen LogP contribution in [-0.4, -0.2) is 0 Å².